The third-order valence-corrected chi connectivity index (χ3v) is 1.04. The molecule has 1 aliphatic rings. The van der Waals surface area contributed by atoms with Crippen molar-refractivity contribution in [3.05, 3.63) is 12.3 Å². The van der Waals surface area contributed by atoms with E-state index in [1.807, 2.05) is 46.9 Å². The third-order valence-electron chi connectivity index (χ3n) is 1.04. The van der Waals surface area contributed by atoms with Gasteiger partial charge in [-0.15, -0.1) is 0 Å². The van der Waals surface area contributed by atoms with Crippen molar-refractivity contribution in [2.45, 2.75) is 54.4 Å². The molecule has 0 spiro atoms. The molecule has 84 valence electrons. The quantitative estimate of drug-likeness (QED) is 0.627. The van der Waals surface area contributed by atoms with Crippen molar-refractivity contribution in [1.82, 2.24) is 0 Å². The van der Waals surface area contributed by atoms with E-state index in [1.54, 1.807) is 13.1 Å². The van der Waals surface area contributed by atoms with Gasteiger partial charge in [0.2, 0.25) is 0 Å². The van der Waals surface area contributed by atoms with Crippen LogP contribution in [0.15, 0.2) is 17.3 Å². The summed E-state index contributed by atoms with van der Waals surface area (Å²) in [5.41, 5.74) is 0. The number of carbonyl (C=O) groups is 1. The van der Waals surface area contributed by atoms with Crippen molar-refractivity contribution in [2.24, 2.45) is 4.99 Å². The smallest absolute Gasteiger partial charge is 0.129 e. The zero-order valence-electron chi connectivity index (χ0n) is 10.5. The van der Waals surface area contributed by atoms with E-state index in [0.717, 1.165) is 6.42 Å². The van der Waals surface area contributed by atoms with Crippen LogP contribution in [-0.2, 0) is 4.79 Å². The molecule has 1 heterocycles. The van der Waals surface area contributed by atoms with Crippen molar-refractivity contribution in [1.29, 1.82) is 0 Å². The van der Waals surface area contributed by atoms with Crippen molar-refractivity contribution < 1.29 is 4.79 Å². The lowest BCUT2D eigenvalue weighted by molar-refractivity contribution is -0.116. The van der Waals surface area contributed by atoms with Gasteiger partial charge >= 0.3 is 0 Å². The van der Waals surface area contributed by atoms with Crippen LogP contribution in [0, 0.1) is 0 Å². The monoisotopic (exact) mass is 199 g/mol. The summed E-state index contributed by atoms with van der Waals surface area (Å²) in [7, 11) is 0. The van der Waals surface area contributed by atoms with Gasteiger partial charge in [-0.25, -0.2) is 0 Å². The molecule has 1 aliphatic heterocycles. The standard InChI is InChI=1S/C4H5N.C4H8O.2C2H6/c1-2-4-5-3-1;1-3-4(2)5;2*1-2/h1,3-4H,2H2;3H2,1-2H3;2*1-2H3. The summed E-state index contributed by atoms with van der Waals surface area (Å²) in [5.74, 6) is 0.255. The Kier molecular flexibility index (Phi) is 30.5. The van der Waals surface area contributed by atoms with Crippen molar-refractivity contribution >= 4 is 12.0 Å². The minimum absolute atomic E-state index is 0.255. The van der Waals surface area contributed by atoms with Crippen LogP contribution in [0.2, 0.25) is 0 Å². The molecule has 1 rings (SSSR count). The van der Waals surface area contributed by atoms with Crippen LogP contribution in [-0.4, -0.2) is 12.0 Å². The van der Waals surface area contributed by atoms with Crippen LogP contribution < -0.4 is 0 Å². The second-order valence-electron chi connectivity index (χ2n) is 2.01. The number of ketones is 1. The van der Waals surface area contributed by atoms with Crippen LogP contribution in [0.5, 0.6) is 0 Å². The summed E-state index contributed by atoms with van der Waals surface area (Å²) in [6, 6.07) is 0. The molecule has 2 nitrogen and oxygen atoms in total. The van der Waals surface area contributed by atoms with E-state index in [0.29, 0.717) is 6.42 Å². The molecule has 0 saturated carbocycles. The Balaban J connectivity index is -0.000000128. The predicted octanol–water partition coefficient (Wildman–Crippen LogP) is 4.01. The van der Waals surface area contributed by atoms with Crippen LogP contribution in [0.1, 0.15) is 54.4 Å². The third kappa shape index (κ3) is 30.5. The predicted molar refractivity (Wildman–Crippen MR) is 65.9 cm³/mol. The zero-order valence-corrected chi connectivity index (χ0v) is 10.5. The molecule has 0 aromatic rings. The summed E-state index contributed by atoms with van der Waals surface area (Å²) >= 11 is 0. The molecule has 0 bridgehead atoms. The Morgan fingerprint density at radius 1 is 1.29 bits per heavy atom. The highest BCUT2D eigenvalue weighted by Gasteiger charge is 1.76. The second kappa shape index (κ2) is 22.7. The highest BCUT2D eigenvalue weighted by atomic mass is 16.1. The number of allylic oxidation sites excluding steroid dienone is 1. The first-order valence-corrected chi connectivity index (χ1v) is 5.43. The largest absolute Gasteiger partial charge is 0.300 e. The average molecular weight is 199 g/mol. The average Bonchev–Trinajstić information content (AvgIpc) is 2.82. The number of hydrogen-bond acceptors (Lipinski definition) is 2. The first-order chi connectivity index (χ1) is 6.77. The van der Waals surface area contributed by atoms with Gasteiger partial charge in [0.25, 0.3) is 0 Å². The SMILES string of the molecule is C1=CN=CC1.CC.CC.CCC(C)=O. The maximum Gasteiger partial charge on any atom is 0.129 e. The maximum absolute atomic E-state index is 9.81. The number of aliphatic imine (C=N–C) groups is 1. The Morgan fingerprint density at radius 2 is 1.71 bits per heavy atom. The van der Waals surface area contributed by atoms with Gasteiger partial charge in [-0.1, -0.05) is 40.7 Å². The van der Waals surface area contributed by atoms with Crippen LogP contribution in [0.25, 0.3) is 0 Å². The van der Waals surface area contributed by atoms with E-state index >= 15 is 0 Å². The van der Waals surface area contributed by atoms with Crippen molar-refractivity contribution in [2.75, 3.05) is 0 Å². The number of carbonyl (C=O) groups excluding carboxylic acids is 1. The Labute approximate surface area is 89.1 Å². The number of nitrogens with zero attached hydrogens (tertiary/aromatic N) is 1. The lowest BCUT2D eigenvalue weighted by Gasteiger charge is -1.71. The van der Waals surface area contributed by atoms with E-state index in [-0.39, 0.29) is 5.78 Å². The molecule has 0 radical (unpaired) electrons. The minimum Gasteiger partial charge on any atom is -0.300 e. The number of rotatable bonds is 1. The van der Waals surface area contributed by atoms with Gasteiger partial charge in [0, 0.05) is 25.3 Å². The molecule has 0 aromatic carbocycles. The number of Topliss-reactive ketones (excluding diaryl/α,β-unsaturated/α-hetero) is 1. The van der Waals surface area contributed by atoms with Crippen molar-refractivity contribution in [3.63, 3.8) is 0 Å². The van der Waals surface area contributed by atoms with Gasteiger partial charge in [-0.05, 0) is 6.92 Å². The van der Waals surface area contributed by atoms with Gasteiger partial charge in [0.15, 0.2) is 0 Å². The van der Waals surface area contributed by atoms with Gasteiger partial charge in [0.05, 0.1) is 0 Å². The fraction of sp³-hybridized carbons (Fsp3) is 0.667. The fourth-order valence-corrected chi connectivity index (χ4v) is 0.304. The summed E-state index contributed by atoms with van der Waals surface area (Å²) in [6.07, 6.45) is 7.39. The van der Waals surface area contributed by atoms with Gasteiger partial charge < -0.3 is 4.79 Å². The second-order valence-corrected chi connectivity index (χ2v) is 2.01. The van der Waals surface area contributed by atoms with E-state index in [4.69, 9.17) is 0 Å². The van der Waals surface area contributed by atoms with E-state index in [9.17, 15) is 4.79 Å². The Hall–Kier alpha value is -0.920. The topological polar surface area (TPSA) is 29.4 Å². The molecule has 14 heavy (non-hydrogen) atoms. The molecule has 0 amide bonds. The maximum atomic E-state index is 9.81. The first-order valence-electron chi connectivity index (χ1n) is 5.43. The molecule has 0 N–H and O–H groups in total. The van der Waals surface area contributed by atoms with Gasteiger partial charge in [-0.3, -0.25) is 4.99 Å². The van der Waals surface area contributed by atoms with E-state index < -0.39 is 0 Å². The minimum atomic E-state index is 0.255. The summed E-state index contributed by atoms with van der Waals surface area (Å²) < 4.78 is 0. The molecule has 2 heteroatoms. The van der Waals surface area contributed by atoms with Crippen molar-refractivity contribution in [3.8, 4) is 0 Å². The summed E-state index contributed by atoms with van der Waals surface area (Å²) in [4.78, 5) is 13.6. The lowest BCUT2D eigenvalue weighted by Crippen LogP contribution is -1.80. The lowest BCUT2D eigenvalue weighted by atomic mass is 10.4. The number of hydrogen-bond donors (Lipinski definition) is 0. The molecule has 0 aromatic heterocycles. The Bertz CT molecular complexity index is 138. The molecule has 0 unspecified atom stereocenters. The molecule has 0 saturated heterocycles. The fourth-order valence-electron chi connectivity index (χ4n) is 0.304. The van der Waals surface area contributed by atoms with Crippen LogP contribution >= 0.6 is 0 Å². The van der Waals surface area contributed by atoms with Crippen LogP contribution in [0.4, 0.5) is 0 Å². The van der Waals surface area contributed by atoms with Gasteiger partial charge in [-0.2, -0.15) is 0 Å². The first kappa shape index (κ1) is 18.8. The molecular weight excluding hydrogens is 174 g/mol. The highest BCUT2D eigenvalue weighted by molar-refractivity contribution is 5.74. The Morgan fingerprint density at radius 3 is 1.79 bits per heavy atom. The normalized spacial score (nSPS) is 9.86. The summed E-state index contributed by atoms with van der Waals surface area (Å²) in [6.45, 7) is 11.4. The van der Waals surface area contributed by atoms with E-state index in [2.05, 4.69) is 4.99 Å². The molecule has 0 fully saturated rings. The molecule has 0 aliphatic carbocycles. The summed E-state index contributed by atoms with van der Waals surface area (Å²) in [5, 5.41) is 0. The molecule has 0 atom stereocenters. The van der Waals surface area contributed by atoms with Crippen LogP contribution in [0.3, 0.4) is 0 Å². The molecular formula is C12H25NO. The zero-order chi connectivity index (χ0) is 11.8. The highest BCUT2D eigenvalue weighted by Crippen LogP contribution is 1.86. The van der Waals surface area contributed by atoms with E-state index in [1.165, 1.54) is 0 Å². The van der Waals surface area contributed by atoms with Gasteiger partial charge in [0.1, 0.15) is 5.78 Å².